The van der Waals surface area contributed by atoms with Crippen molar-refractivity contribution >= 4 is 23.0 Å². The van der Waals surface area contributed by atoms with E-state index in [0.29, 0.717) is 5.75 Å². The summed E-state index contributed by atoms with van der Waals surface area (Å²) in [5.74, 6) is 0.486. The van der Waals surface area contributed by atoms with Crippen molar-refractivity contribution < 1.29 is 9.53 Å². The number of carbonyl (C=O) groups excluding carboxylic acids is 1. The second kappa shape index (κ2) is 8.02. The van der Waals surface area contributed by atoms with Crippen molar-refractivity contribution in [1.29, 1.82) is 0 Å². The minimum atomic E-state index is -0.579. The van der Waals surface area contributed by atoms with Crippen molar-refractivity contribution in [2.24, 2.45) is 0 Å². The molecule has 0 fully saturated rings. The van der Waals surface area contributed by atoms with Gasteiger partial charge in [-0.2, -0.15) is 0 Å². The fourth-order valence-corrected chi connectivity index (χ4v) is 2.33. The van der Waals surface area contributed by atoms with E-state index in [4.69, 9.17) is 4.74 Å². The Balaban J connectivity index is 1.56. The number of carbonyl (C=O) groups is 1. The summed E-state index contributed by atoms with van der Waals surface area (Å²) in [6, 6.07) is 26.8. The number of amides is 1. The topological polar surface area (TPSA) is 50.4 Å². The molecule has 0 aliphatic rings. The third kappa shape index (κ3) is 4.85. The van der Waals surface area contributed by atoms with Crippen molar-refractivity contribution in [2.75, 3.05) is 10.6 Å². The SMILES string of the molecule is C[C@H](Oc1ccccc1)C(=O)Nc1ccc(Nc2ccccc2)cc1. The fourth-order valence-electron chi connectivity index (χ4n) is 2.33. The fraction of sp³-hybridized carbons (Fsp3) is 0.0952. The van der Waals surface area contributed by atoms with E-state index in [2.05, 4.69) is 10.6 Å². The summed E-state index contributed by atoms with van der Waals surface area (Å²) in [6.07, 6.45) is -0.579. The van der Waals surface area contributed by atoms with Gasteiger partial charge >= 0.3 is 0 Å². The van der Waals surface area contributed by atoms with Crippen LogP contribution in [0.5, 0.6) is 5.75 Å². The highest BCUT2D eigenvalue weighted by atomic mass is 16.5. The van der Waals surface area contributed by atoms with Crippen molar-refractivity contribution in [3.8, 4) is 5.75 Å². The van der Waals surface area contributed by atoms with Crippen LogP contribution in [0.3, 0.4) is 0 Å². The maximum Gasteiger partial charge on any atom is 0.265 e. The lowest BCUT2D eigenvalue weighted by Crippen LogP contribution is -2.30. The van der Waals surface area contributed by atoms with E-state index in [-0.39, 0.29) is 5.91 Å². The van der Waals surface area contributed by atoms with Crippen molar-refractivity contribution in [2.45, 2.75) is 13.0 Å². The summed E-state index contributed by atoms with van der Waals surface area (Å²) < 4.78 is 5.63. The minimum absolute atomic E-state index is 0.187. The second-order valence-corrected chi connectivity index (χ2v) is 5.63. The van der Waals surface area contributed by atoms with Crippen LogP contribution in [0.25, 0.3) is 0 Å². The van der Waals surface area contributed by atoms with Gasteiger partial charge in [-0.1, -0.05) is 36.4 Å². The number of hydrogen-bond acceptors (Lipinski definition) is 3. The number of nitrogens with one attached hydrogen (secondary N) is 2. The summed E-state index contributed by atoms with van der Waals surface area (Å²) in [4.78, 5) is 12.2. The van der Waals surface area contributed by atoms with E-state index in [1.165, 1.54) is 0 Å². The molecule has 3 rings (SSSR count). The number of ether oxygens (including phenoxy) is 1. The first-order valence-corrected chi connectivity index (χ1v) is 8.15. The van der Waals surface area contributed by atoms with Crippen LogP contribution in [0.1, 0.15) is 6.92 Å². The number of anilines is 3. The first kappa shape index (κ1) is 16.6. The molecule has 1 amide bonds. The lowest BCUT2D eigenvalue weighted by Gasteiger charge is -2.15. The minimum Gasteiger partial charge on any atom is -0.481 e. The molecule has 0 aliphatic carbocycles. The average Bonchev–Trinajstić information content (AvgIpc) is 2.65. The smallest absolute Gasteiger partial charge is 0.265 e. The molecule has 126 valence electrons. The van der Waals surface area contributed by atoms with Crippen LogP contribution in [-0.4, -0.2) is 12.0 Å². The monoisotopic (exact) mass is 332 g/mol. The van der Waals surface area contributed by atoms with Gasteiger partial charge in [-0.3, -0.25) is 4.79 Å². The van der Waals surface area contributed by atoms with Gasteiger partial charge in [0.1, 0.15) is 5.75 Å². The first-order valence-electron chi connectivity index (χ1n) is 8.15. The van der Waals surface area contributed by atoms with E-state index >= 15 is 0 Å². The summed E-state index contributed by atoms with van der Waals surface area (Å²) in [6.45, 7) is 1.73. The predicted octanol–water partition coefficient (Wildman–Crippen LogP) is 4.84. The van der Waals surface area contributed by atoms with Crippen LogP contribution < -0.4 is 15.4 Å². The molecule has 0 saturated heterocycles. The van der Waals surface area contributed by atoms with Crippen molar-refractivity contribution in [3.05, 3.63) is 84.9 Å². The lowest BCUT2D eigenvalue weighted by atomic mass is 10.2. The lowest BCUT2D eigenvalue weighted by molar-refractivity contribution is -0.122. The average molecular weight is 332 g/mol. The van der Waals surface area contributed by atoms with Crippen LogP contribution in [-0.2, 0) is 4.79 Å². The highest BCUT2D eigenvalue weighted by molar-refractivity contribution is 5.94. The van der Waals surface area contributed by atoms with Crippen molar-refractivity contribution in [3.63, 3.8) is 0 Å². The summed E-state index contributed by atoms with van der Waals surface area (Å²) >= 11 is 0. The predicted molar refractivity (Wildman–Crippen MR) is 101 cm³/mol. The van der Waals surface area contributed by atoms with Crippen LogP contribution in [0, 0.1) is 0 Å². The van der Waals surface area contributed by atoms with Crippen LogP contribution in [0.4, 0.5) is 17.1 Å². The molecule has 0 heterocycles. The van der Waals surface area contributed by atoms with Gasteiger partial charge in [0, 0.05) is 17.1 Å². The van der Waals surface area contributed by atoms with E-state index in [9.17, 15) is 4.79 Å². The zero-order valence-electron chi connectivity index (χ0n) is 14.0. The number of hydrogen-bond donors (Lipinski definition) is 2. The Morgan fingerprint density at radius 2 is 1.28 bits per heavy atom. The molecule has 2 N–H and O–H groups in total. The Hall–Kier alpha value is -3.27. The Bertz CT molecular complexity index is 802. The molecule has 0 unspecified atom stereocenters. The number of benzene rings is 3. The largest absolute Gasteiger partial charge is 0.481 e. The van der Waals surface area contributed by atoms with E-state index in [1.54, 1.807) is 6.92 Å². The normalized spacial score (nSPS) is 11.4. The number of para-hydroxylation sites is 2. The highest BCUT2D eigenvalue weighted by Crippen LogP contribution is 2.19. The summed E-state index contributed by atoms with van der Waals surface area (Å²) in [7, 11) is 0. The molecule has 0 saturated carbocycles. The van der Waals surface area contributed by atoms with Crippen LogP contribution in [0.2, 0.25) is 0 Å². The van der Waals surface area contributed by atoms with Gasteiger partial charge in [0.15, 0.2) is 6.10 Å². The molecule has 0 aliphatic heterocycles. The molecular formula is C21H20N2O2. The van der Waals surface area contributed by atoms with Gasteiger partial charge < -0.3 is 15.4 Å². The van der Waals surface area contributed by atoms with E-state index in [0.717, 1.165) is 17.1 Å². The van der Waals surface area contributed by atoms with Gasteiger partial charge in [-0.05, 0) is 55.5 Å². The molecule has 4 nitrogen and oxygen atoms in total. The molecule has 3 aromatic carbocycles. The Kier molecular flexibility index (Phi) is 5.32. The Morgan fingerprint density at radius 1 is 0.760 bits per heavy atom. The van der Waals surface area contributed by atoms with Crippen LogP contribution >= 0.6 is 0 Å². The number of rotatable bonds is 6. The standard InChI is InChI=1S/C21H20N2O2/c1-16(25-20-10-6-3-7-11-20)21(24)23-19-14-12-18(13-15-19)22-17-8-4-2-5-9-17/h2-16,22H,1H3,(H,23,24)/t16-/m0/s1. The third-order valence-electron chi connectivity index (χ3n) is 3.64. The molecular weight excluding hydrogens is 312 g/mol. The maximum absolute atomic E-state index is 12.2. The quantitative estimate of drug-likeness (QED) is 0.679. The van der Waals surface area contributed by atoms with Gasteiger partial charge in [-0.15, -0.1) is 0 Å². The van der Waals surface area contributed by atoms with E-state index < -0.39 is 6.10 Å². The van der Waals surface area contributed by atoms with Crippen LogP contribution in [0.15, 0.2) is 84.9 Å². The molecule has 0 spiro atoms. The molecule has 0 bridgehead atoms. The van der Waals surface area contributed by atoms with Gasteiger partial charge in [0.25, 0.3) is 5.91 Å². The second-order valence-electron chi connectivity index (χ2n) is 5.63. The Labute approximate surface area is 147 Å². The Morgan fingerprint density at radius 3 is 1.92 bits per heavy atom. The molecule has 25 heavy (non-hydrogen) atoms. The summed E-state index contributed by atoms with van der Waals surface area (Å²) in [5, 5.41) is 6.16. The summed E-state index contributed by atoms with van der Waals surface area (Å²) in [5.41, 5.74) is 2.70. The van der Waals surface area contributed by atoms with Gasteiger partial charge in [0.05, 0.1) is 0 Å². The van der Waals surface area contributed by atoms with Gasteiger partial charge in [0.2, 0.25) is 0 Å². The third-order valence-corrected chi connectivity index (χ3v) is 3.64. The van der Waals surface area contributed by atoms with Crippen molar-refractivity contribution in [1.82, 2.24) is 0 Å². The molecule has 0 aromatic heterocycles. The molecule has 1 atom stereocenters. The van der Waals surface area contributed by atoms with Gasteiger partial charge in [-0.25, -0.2) is 0 Å². The maximum atomic E-state index is 12.2. The highest BCUT2D eigenvalue weighted by Gasteiger charge is 2.14. The molecule has 3 aromatic rings. The molecule has 4 heteroatoms. The van der Waals surface area contributed by atoms with E-state index in [1.807, 2.05) is 84.9 Å². The molecule has 0 radical (unpaired) electrons. The zero-order valence-corrected chi connectivity index (χ0v) is 14.0. The zero-order chi connectivity index (χ0) is 17.5. The first-order chi connectivity index (χ1) is 12.2.